The maximum absolute atomic E-state index is 10.5. The van der Waals surface area contributed by atoms with E-state index in [0.717, 1.165) is 12.8 Å². The average molecular weight is 183 g/mol. The number of carboxylic acids is 1. The summed E-state index contributed by atoms with van der Waals surface area (Å²) in [6, 6.07) is 0. The van der Waals surface area contributed by atoms with Crippen LogP contribution < -0.4 is 0 Å². The Morgan fingerprint density at radius 3 is 3.08 bits per heavy atom. The first-order valence-corrected chi connectivity index (χ1v) is 4.08. The van der Waals surface area contributed by atoms with Crippen molar-refractivity contribution in [2.24, 2.45) is 0 Å². The van der Waals surface area contributed by atoms with E-state index in [0.29, 0.717) is 12.5 Å². The fourth-order valence-corrected chi connectivity index (χ4v) is 1.31. The van der Waals surface area contributed by atoms with E-state index in [1.165, 1.54) is 6.20 Å². The Morgan fingerprint density at radius 2 is 2.54 bits per heavy atom. The molecule has 1 aliphatic rings. The first kappa shape index (κ1) is 8.25. The Hall–Kier alpha value is -1.36. The molecule has 5 nitrogen and oxygen atoms in total. The maximum atomic E-state index is 10.5. The Labute approximate surface area is 74.3 Å². The number of ether oxygens (including phenoxy) is 1. The lowest BCUT2D eigenvalue weighted by Crippen LogP contribution is -1.95. The highest BCUT2D eigenvalue weighted by Gasteiger charge is 2.23. The summed E-state index contributed by atoms with van der Waals surface area (Å²) in [5, 5.41) is 8.57. The van der Waals surface area contributed by atoms with Gasteiger partial charge in [-0.2, -0.15) is 0 Å². The van der Waals surface area contributed by atoms with Crippen LogP contribution in [0.1, 0.15) is 35.4 Å². The Bertz CT molecular complexity index is 314. The average Bonchev–Trinajstić information content (AvgIpc) is 2.75. The van der Waals surface area contributed by atoms with E-state index >= 15 is 0 Å². The molecule has 0 radical (unpaired) electrons. The highest BCUT2D eigenvalue weighted by Crippen LogP contribution is 2.27. The number of rotatable bonds is 2. The lowest BCUT2D eigenvalue weighted by molar-refractivity contribution is 0.0633. The summed E-state index contributed by atoms with van der Waals surface area (Å²) >= 11 is 0. The van der Waals surface area contributed by atoms with Crippen molar-refractivity contribution in [1.29, 1.82) is 0 Å². The fraction of sp³-hybridized carbons (Fsp3) is 0.500. The monoisotopic (exact) mass is 183 g/mol. The molecule has 1 aromatic rings. The number of carbonyl (C=O) groups is 1. The lowest BCUT2D eigenvalue weighted by atomic mass is 10.2. The van der Waals surface area contributed by atoms with Gasteiger partial charge in [0.05, 0.1) is 6.20 Å². The standard InChI is InChI=1S/C8H9NO4/c10-8(11)6-4-9-7(13-6)5-2-1-3-12-5/h4-5H,1-3H2,(H,10,11). The van der Waals surface area contributed by atoms with Crippen LogP contribution in [0, 0.1) is 0 Å². The molecule has 0 spiro atoms. The molecule has 1 unspecified atom stereocenters. The molecular weight excluding hydrogens is 174 g/mol. The van der Waals surface area contributed by atoms with Crippen LogP contribution in [0.4, 0.5) is 0 Å². The first-order chi connectivity index (χ1) is 6.27. The van der Waals surface area contributed by atoms with Gasteiger partial charge >= 0.3 is 5.97 Å². The molecule has 13 heavy (non-hydrogen) atoms. The van der Waals surface area contributed by atoms with E-state index in [1.807, 2.05) is 0 Å². The quantitative estimate of drug-likeness (QED) is 0.746. The molecule has 2 rings (SSSR count). The molecule has 2 heterocycles. The third-order valence-corrected chi connectivity index (χ3v) is 1.94. The molecule has 1 saturated heterocycles. The number of hydrogen-bond donors (Lipinski definition) is 1. The number of carboxylic acid groups (broad SMARTS) is 1. The minimum atomic E-state index is -1.10. The Balaban J connectivity index is 2.16. The van der Waals surface area contributed by atoms with Crippen molar-refractivity contribution in [2.45, 2.75) is 18.9 Å². The largest absolute Gasteiger partial charge is 0.475 e. The molecule has 1 aromatic heterocycles. The SMILES string of the molecule is O=C(O)c1cnc(C2CCCO2)o1. The summed E-state index contributed by atoms with van der Waals surface area (Å²) in [6.07, 6.45) is 2.86. The zero-order valence-corrected chi connectivity index (χ0v) is 6.90. The minimum Gasteiger partial charge on any atom is -0.475 e. The predicted octanol–water partition coefficient (Wildman–Crippen LogP) is 1.22. The summed E-state index contributed by atoms with van der Waals surface area (Å²) in [7, 11) is 0. The number of aromatic carboxylic acids is 1. The van der Waals surface area contributed by atoms with Gasteiger partial charge in [0.15, 0.2) is 0 Å². The van der Waals surface area contributed by atoms with Crippen molar-refractivity contribution in [3.8, 4) is 0 Å². The Morgan fingerprint density at radius 1 is 1.69 bits per heavy atom. The molecule has 0 saturated carbocycles. The number of hydrogen-bond acceptors (Lipinski definition) is 4. The van der Waals surface area contributed by atoms with E-state index in [4.69, 9.17) is 14.3 Å². The Kier molecular flexibility index (Phi) is 2.02. The zero-order chi connectivity index (χ0) is 9.26. The molecule has 0 aromatic carbocycles. The topological polar surface area (TPSA) is 72.6 Å². The van der Waals surface area contributed by atoms with Gasteiger partial charge in [0.1, 0.15) is 6.10 Å². The van der Waals surface area contributed by atoms with Gasteiger partial charge in [-0.25, -0.2) is 9.78 Å². The van der Waals surface area contributed by atoms with Crippen LogP contribution in [0.15, 0.2) is 10.6 Å². The molecule has 5 heteroatoms. The van der Waals surface area contributed by atoms with Crippen molar-refractivity contribution < 1.29 is 19.1 Å². The minimum absolute atomic E-state index is 0.134. The van der Waals surface area contributed by atoms with Crippen molar-refractivity contribution in [2.75, 3.05) is 6.61 Å². The number of oxazole rings is 1. The van der Waals surface area contributed by atoms with Crippen LogP contribution in [0.2, 0.25) is 0 Å². The van der Waals surface area contributed by atoms with Gasteiger partial charge in [-0.15, -0.1) is 0 Å². The normalized spacial score (nSPS) is 22.0. The van der Waals surface area contributed by atoms with Gasteiger partial charge in [-0.1, -0.05) is 0 Å². The van der Waals surface area contributed by atoms with Crippen LogP contribution in [0.25, 0.3) is 0 Å². The van der Waals surface area contributed by atoms with E-state index < -0.39 is 5.97 Å². The van der Waals surface area contributed by atoms with E-state index in [9.17, 15) is 4.79 Å². The zero-order valence-electron chi connectivity index (χ0n) is 6.90. The molecule has 0 aliphatic carbocycles. The van der Waals surface area contributed by atoms with Gasteiger partial charge in [-0.3, -0.25) is 0 Å². The molecule has 1 aliphatic heterocycles. The van der Waals surface area contributed by atoms with Crippen LogP contribution in [0.3, 0.4) is 0 Å². The van der Waals surface area contributed by atoms with E-state index in [2.05, 4.69) is 4.98 Å². The summed E-state index contributed by atoms with van der Waals surface area (Å²) in [5.74, 6) is -0.864. The van der Waals surface area contributed by atoms with Crippen LogP contribution in [-0.4, -0.2) is 22.7 Å². The van der Waals surface area contributed by atoms with E-state index in [-0.39, 0.29) is 11.9 Å². The van der Waals surface area contributed by atoms with Gasteiger partial charge < -0.3 is 14.3 Å². The summed E-state index contributed by atoms with van der Waals surface area (Å²) < 4.78 is 10.3. The second-order valence-corrected chi connectivity index (χ2v) is 2.87. The first-order valence-electron chi connectivity index (χ1n) is 4.08. The summed E-state index contributed by atoms with van der Waals surface area (Å²) in [4.78, 5) is 14.3. The van der Waals surface area contributed by atoms with Gasteiger partial charge in [0.25, 0.3) is 0 Å². The number of aromatic nitrogens is 1. The number of nitrogens with zero attached hydrogens (tertiary/aromatic N) is 1. The van der Waals surface area contributed by atoms with Crippen molar-refractivity contribution in [3.63, 3.8) is 0 Å². The second-order valence-electron chi connectivity index (χ2n) is 2.87. The van der Waals surface area contributed by atoms with Crippen LogP contribution in [0.5, 0.6) is 0 Å². The van der Waals surface area contributed by atoms with Gasteiger partial charge in [0, 0.05) is 6.61 Å². The lowest BCUT2D eigenvalue weighted by Gasteiger charge is -2.01. The predicted molar refractivity (Wildman–Crippen MR) is 41.4 cm³/mol. The summed E-state index contributed by atoms with van der Waals surface area (Å²) in [5.41, 5.74) is 0. The smallest absolute Gasteiger partial charge is 0.373 e. The molecule has 0 bridgehead atoms. The molecule has 70 valence electrons. The molecule has 1 atom stereocenters. The van der Waals surface area contributed by atoms with Crippen LogP contribution in [-0.2, 0) is 4.74 Å². The molecular formula is C8H9NO4. The molecule has 1 fully saturated rings. The van der Waals surface area contributed by atoms with Crippen molar-refractivity contribution in [3.05, 3.63) is 17.8 Å². The third-order valence-electron chi connectivity index (χ3n) is 1.94. The highest BCUT2D eigenvalue weighted by molar-refractivity contribution is 5.83. The molecule has 0 amide bonds. The van der Waals surface area contributed by atoms with Gasteiger partial charge in [0.2, 0.25) is 11.7 Å². The third kappa shape index (κ3) is 1.55. The maximum Gasteiger partial charge on any atom is 0.373 e. The van der Waals surface area contributed by atoms with Crippen LogP contribution >= 0.6 is 0 Å². The highest BCUT2D eigenvalue weighted by atomic mass is 16.5. The fourth-order valence-electron chi connectivity index (χ4n) is 1.31. The van der Waals surface area contributed by atoms with Gasteiger partial charge in [-0.05, 0) is 12.8 Å². The second kappa shape index (κ2) is 3.18. The van der Waals surface area contributed by atoms with Crippen molar-refractivity contribution in [1.82, 2.24) is 4.98 Å². The van der Waals surface area contributed by atoms with Crippen molar-refractivity contribution >= 4 is 5.97 Å². The van der Waals surface area contributed by atoms with E-state index in [1.54, 1.807) is 0 Å². The summed E-state index contributed by atoms with van der Waals surface area (Å²) in [6.45, 7) is 0.690. The molecule has 1 N–H and O–H groups in total.